The molecule has 1 aliphatic rings. The monoisotopic (exact) mass is 367 g/mol. The minimum absolute atomic E-state index is 0.0127. The van der Waals surface area contributed by atoms with Crippen LogP contribution in [0.25, 0.3) is 11.1 Å². The number of ether oxygens (including phenoxy) is 1. The minimum atomic E-state index is 0.0127. The van der Waals surface area contributed by atoms with E-state index in [1.165, 1.54) is 0 Å². The number of benzene rings is 1. The topological polar surface area (TPSA) is 84.6 Å². The lowest BCUT2D eigenvalue weighted by molar-refractivity contribution is 0.0746. The Morgan fingerprint density at radius 1 is 1.15 bits per heavy atom. The first-order valence-electron chi connectivity index (χ1n) is 8.85. The number of aryl methyl sites for hydroxylation is 2. The number of carbonyl (C=O) groups is 1. The zero-order chi connectivity index (χ0) is 19.0. The quantitative estimate of drug-likeness (QED) is 0.701. The number of aromatic nitrogens is 3. The van der Waals surface area contributed by atoms with E-state index in [0.29, 0.717) is 49.0 Å². The Morgan fingerprint density at radius 3 is 2.67 bits per heavy atom. The molecule has 27 heavy (non-hydrogen) atoms. The summed E-state index contributed by atoms with van der Waals surface area (Å²) in [5.41, 5.74) is 1.91. The second-order valence-electron chi connectivity index (χ2n) is 6.55. The van der Waals surface area contributed by atoms with Crippen LogP contribution in [0.15, 0.2) is 28.8 Å². The lowest BCUT2D eigenvalue weighted by atomic mass is 10.1. The molecule has 3 heterocycles. The molecule has 0 aliphatic carbocycles. The Hall–Kier alpha value is -3.16. The van der Waals surface area contributed by atoms with Crippen molar-refractivity contribution in [1.82, 2.24) is 20.0 Å². The Bertz CT molecular complexity index is 992. The van der Waals surface area contributed by atoms with Crippen LogP contribution in [0.1, 0.15) is 21.9 Å². The predicted molar refractivity (Wildman–Crippen MR) is 100 cm³/mol. The van der Waals surface area contributed by atoms with Gasteiger partial charge in [0, 0.05) is 31.7 Å². The molecule has 1 amide bonds. The van der Waals surface area contributed by atoms with Crippen LogP contribution >= 0.6 is 0 Å². The van der Waals surface area contributed by atoms with Gasteiger partial charge in [-0.15, -0.1) is 0 Å². The van der Waals surface area contributed by atoms with Crippen molar-refractivity contribution in [2.24, 2.45) is 0 Å². The summed E-state index contributed by atoms with van der Waals surface area (Å²) < 4.78 is 10.5. The summed E-state index contributed by atoms with van der Waals surface area (Å²) in [6.07, 6.45) is 0. The smallest absolute Gasteiger partial charge is 0.263 e. The molecule has 140 valence electrons. The van der Waals surface area contributed by atoms with Crippen molar-refractivity contribution in [2.45, 2.75) is 13.8 Å². The van der Waals surface area contributed by atoms with Gasteiger partial charge in [-0.3, -0.25) is 4.79 Å². The van der Waals surface area contributed by atoms with Crippen molar-refractivity contribution in [2.75, 3.05) is 38.2 Å². The van der Waals surface area contributed by atoms with Crippen molar-refractivity contribution in [3.05, 3.63) is 41.3 Å². The largest absolute Gasteiger partial charge is 0.497 e. The highest BCUT2D eigenvalue weighted by Gasteiger charge is 2.26. The molecule has 1 aliphatic heterocycles. The van der Waals surface area contributed by atoms with Gasteiger partial charge >= 0.3 is 0 Å². The van der Waals surface area contributed by atoms with Crippen LogP contribution in [0.5, 0.6) is 5.75 Å². The fourth-order valence-electron chi connectivity index (χ4n) is 3.36. The number of amides is 1. The van der Waals surface area contributed by atoms with E-state index in [0.717, 1.165) is 16.9 Å². The van der Waals surface area contributed by atoms with E-state index in [2.05, 4.69) is 20.0 Å². The lowest BCUT2D eigenvalue weighted by Crippen LogP contribution is -2.49. The molecule has 0 N–H and O–H groups in total. The molecular weight excluding hydrogens is 346 g/mol. The first-order valence-corrected chi connectivity index (χ1v) is 8.85. The summed E-state index contributed by atoms with van der Waals surface area (Å²) >= 11 is 0. The maximum atomic E-state index is 12.8. The average molecular weight is 367 g/mol. The standard InChI is InChI=1S/C19H21N5O3/c1-12-16-17(20-13(2)21-18(16)27-22-12)23-7-9-24(10-8-23)19(25)14-5-4-6-15(11-14)26-3/h4-6,11H,7-10H2,1-3H3. The Kier molecular flexibility index (Phi) is 4.39. The van der Waals surface area contributed by atoms with E-state index in [1.807, 2.05) is 36.9 Å². The molecule has 1 aromatic carbocycles. The Morgan fingerprint density at radius 2 is 1.93 bits per heavy atom. The summed E-state index contributed by atoms with van der Waals surface area (Å²) in [5.74, 6) is 2.16. The van der Waals surface area contributed by atoms with Crippen molar-refractivity contribution >= 4 is 22.8 Å². The van der Waals surface area contributed by atoms with Crippen LogP contribution in [0.3, 0.4) is 0 Å². The lowest BCUT2D eigenvalue weighted by Gasteiger charge is -2.35. The summed E-state index contributed by atoms with van der Waals surface area (Å²) in [6.45, 7) is 6.33. The van der Waals surface area contributed by atoms with Crippen molar-refractivity contribution in [3.8, 4) is 5.75 Å². The molecule has 1 saturated heterocycles. The van der Waals surface area contributed by atoms with E-state index >= 15 is 0 Å². The molecule has 0 saturated carbocycles. The summed E-state index contributed by atoms with van der Waals surface area (Å²) in [7, 11) is 1.60. The van der Waals surface area contributed by atoms with Gasteiger partial charge in [-0.1, -0.05) is 11.2 Å². The van der Waals surface area contributed by atoms with Crippen LogP contribution in [0, 0.1) is 13.8 Å². The Balaban J connectivity index is 1.52. The molecule has 4 rings (SSSR count). The molecule has 0 bridgehead atoms. The highest BCUT2D eigenvalue weighted by atomic mass is 16.5. The van der Waals surface area contributed by atoms with E-state index in [4.69, 9.17) is 9.26 Å². The van der Waals surface area contributed by atoms with E-state index in [1.54, 1.807) is 13.2 Å². The fraction of sp³-hybridized carbons (Fsp3) is 0.368. The zero-order valence-corrected chi connectivity index (χ0v) is 15.6. The zero-order valence-electron chi connectivity index (χ0n) is 15.6. The number of rotatable bonds is 3. The molecule has 8 heteroatoms. The predicted octanol–water partition coefficient (Wildman–Crippen LogP) is 2.21. The number of anilines is 1. The number of hydrogen-bond donors (Lipinski definition) is 0. The molecule has 0 unspecified atom stereocenters. The maximum absolute atomic E-state index is 12.8. The van der Waals surface area contributed by atoms with Gasteiger partial charge in [-0.05, 0) is 32.0 Å². The fourth-order valence-corrected chi connectivity index (χ4v) is 3.36. The van der Waals surface area contributed by atoms with E-state index in [-0.39, 0.29) is 5.91 Å². The van der Waals surface area contributed by atoms with Crippen LogP contribution in [0.4, 0.5) is 5.82 Å². The number of nitrogens with zero attached hydrogens (tertiary/aromatic N) is 5. The van der Waals surface area contributed by atoms with Gasteiger partial charge in [0.1, 0.15) is 22.8 Å². The highest BCUT2D eigenvalue weighted by molar-refractivity contribution is 5.95. The van der Waals surface area contributed by atoms with Gasteiger partial charge in [-0.25, -0.2) is 4.98 Å². The first kappa shape index (κ1) is 17.3. The number of hydrogen-bond acceptors (Lipinski definition) is 7. The van der Waals surface area contributed by atoms with Crippen molar-refractivity contribution < 1.29 is 14.1 Å². The van der Waals surface area contributed by atoms with Gasteiger partial charge in [0.15, 0.2) is 0 Å². The first-order chi connectivity index (χ1) is 13.1. The van der Waals surface area contributed by atoms with E-state index < -0.39 is 0 Å². The third-order valence-corrected chi connectivity index (χ3v) is 4.78. The van der Waals surface area contributed by atoms with Crippen molar-refractivity contribution in [3.63, 3.8) is 0 Å². The molecule has 1 fully saturated rings. The number of methoxy groups -OCH3 is 1. The van der Waals surface area contributed by atoms with E-state index in [9.17, 15) is 4.79 Å². The van der Waals surface area contributed by atoms with Gasteiger partial charge in [0.25, 0.3) is 11.6 Å². The highest BCUT2D eigenvalue weighted by Crippen LogP contribution is 2.28. The Labute approximate surface area is 156 Å². The van der Waals surface area contributed by atoms with Crippen LogP contribution in [0.2, 0.25) is 0 Å². The van der Waals surface area contributed by atoms with Crippen LogP contribution < -0.4 is 9.64 Å². The van der Waals surface area contributed by atoms with Gasteiger partial charge in [0.2, 0.25) is 0 Å². The number of carbonyl (C=O) groups excluding carboxylic acids is 1. The maximum Gasteiger partial charge on any atom is 0.263 e. The summed E-state index contributed by atoms with van der Waals surface area (Å²) in [4.78, 5) is 25.7. The normalized spacial score (nSPS) is 14.6. The SMILES string of the molecule is COc1cccc(C(=O)N2CCN(c3nc(C)nc4onc(C)c34)CC2)c1. The molecule has 8 nitrogen and oxygen atoms in total. The number of piperazine rings is 1. The third-order valence-electron chi connectivity index (χ3n) is 4.78. The number of fused-ring (bicyclic) bond motifs is 1. The molecule has 0 radical (unpaired) electrons. The van der Waals surface area contributed by atoms with Crippen molar-refractivity contribution in [1.29, 1.82) is 0 Å². The summed E-state index contributed by atoms with van der Waals surface area (Å²) in [6, 6.07) is 7.25. The van der Waals surface area contributed by atoms with Gasteiger partial charge in [-0.2, -0.15) is 4.98 Å². The third kappa shape index (κ3) is 3.18. The minimum Gasteiger partial charge on any atom is -0.497 e. The second-order valence-corrected chi connectivity index (χ2v) is 6.55. The van der Waals surface area contributed by atoms with Gasteiger partial charge < -0.3 is 19.1 Å². The molecule has 0 atom stereocenters. The molecular formula is C19H21N5O3. The second kappa shape index (κ2) is 6.86. The summed E-state index contributed by atoms with van der Waals surface area (Å²) in [5, 5.41) is 4.85. The van der Waals surface area contributed by atoms with Crippen LogP contribution in [-0.2, 0) is 0 Å². The molecule has 2 aromatic heterocycles. The average Bonchev–Trinajstić information content (AvgIpc) is 3.07. The van der Waals surface area contributed by atoms with Gasteiger partial charge in [0.05, 0.1) is 12.8 Å². The molecule has 0 spiro atoms. The molecule has 3 aromatic rings. The van der Waals surface area contributed by atoms with Crippen LogP contribution in [-0.4, -0.2) is 59.2 Å².